The summed E-state index contributed by atoms with van der Waals surface area (Å²) in [6.45, 7) is 5.26. The molecular weight excluding hydrogens is 250 g/mol. The minimum atomic E-state index is 0.356. The Labute approximate surface area is 120 Å². The van der Waals surface area contributed by atoms with Crippen LogP contribution in [-0.2, 0) is 6.42 Å². The third kappa shape index (κ3) is 4.61. The summed E-state index contributed by atoms with van der Waals surface area (Å²) in [6, 6.07) is 10.3. The third-order valence-corrected chi connectivity index (χ3v) is 3.10. The zero-order valence-corrected chi connectivity index (χ0v) is 12.2. The molecule has 2 heterocycles. The first-order chi connectivity index (χ1) is 9.78. The van der Waals surface area contributed by atoms with Crippen molar-refractivity contribution in [3.8, 4) is 0 Å². The van der Waals surface area contributed by atoms with Crippen molar-refractivity contribution in [2.45, 2.75) is 39.2 Å². The molecule has 0 amide bonds. The summed E-state index contributed by atoms with van der Waals surface area (Å²) < 4.78 is 5.34. The van der Waals surface area contributed by atoms with E-state index in [4.69, 9.17) is 4.42 Å². The molecule has 0 fully saturated rings. The molecule has 0 radical (unpaired) electrons. The standard InChI is InChI=1S/C16H23N3O/c1-3-11-17-15-7-4-8-16(19-15)18-13(2)9-10-14-6-5-12-20-14/h4-8,12-13H,3,9-11H2,1-2H3,(H2,17,18,19). The third-order valence-electron chi connectivity index (χ3n) is 3.10. The summed E-state index contributed by atoms with van der Waals surface area (Å²) in [5.74, 6) is 2.87. The molecule has 0 aromatic carbocycles. The van der Waals surface area contributed by atoms with Crippen LogP contribution in [0.4, 0.5) is 11.6 Å². The molecule has 0 saturated carbocycles. The Hall–Kier alpha value is -1.97. The zero-order valence-electron chi connectivity index (χ0n) is 12.2. The van der Waals surface area contributed by atoms with Crippen LogP contribution in [0.15, 0.2) is 41.0 Å². The van der Waals surface area contributed by atoms with Crippen LogP contribution in [0.1, 0.15) is 32.4 Å². The van der Waals surface area contributed by atoms with Crippen LogP contribution in [0.3, 0.4) is 0 Å². The van der Waals surface area contributed by atoms with Gasteiger partial charge in [-0.3, -0.25) is 0 Å². The van der Waals surface area contributed by atoms with Crippen molar-refractivity contribution in [2.75, 3.05) is 17.2 Å². The number of nitrogens with one attached hydrogen (secondary N) is 2. The van der Waals surface area contributed by atoms with E-state index in [2.05, 4.69) is 29.5 Å². The fourth-order valence-corrected chi connectivity index (χ4v) is 2.00. The maximum atomic E-state index is 5.34. The van der Waals surface area contributed by atoms with Crippen molar-refractivity contribution in [1.29, 1.82) is 0 Å². The molecule has 0 saturated heterocycles. The van der Waals surface area contributed by atoms with E-state index in [1.807, 2.05) is 30.3 Å². The highest BCUT2D eigenvalue weighted by Crippen LogP contribution is 2.13. The van der Waals surface area contributed by atoms with Gasteiger partial charge >= 0.3 is 0 Å². The van der Waals surface area contributed by atoms with Crippen molar-refractivity contribution < 1.29 is 4.42 Å². The van der Waals surface area contributed by atoms with Gasteiger partial charge in [0.15, 0.2) is 0 Å². The minimum absolute atomic E-state index is 0.356. The molecule has 0 aliphatic rings. The highest BCUT2D eigenvalue weighted by atomic mass is 16.3. The number of aryl methyl sites for hydroxylation is 1. The number of furan rings is 1. The van der Waals surface area contributed by atoms with Gasteiger partial charge in [0.25, 0.3) is 0 Å². The molecule has 0 aliphatic carbocycles. The van der Waals surface area contributed by atoms with Gasteiger partial charge in [0.05, 0.1) is 6.26 Å². The van der Waals surface area contributed by atoms with E-state index in [0.29, 0.717) is 6.04 Å². The van der Waals surface area contributed by atoms with E-state index < -0.39 is 0 Å². The molecule has 0 aliphatic heterocycles. The Bertz CT molecular complexity index is 496. The first kappa shape index (κ1) is 14.4. The smallest absolute Gasteiger partial charge is 0.128 e. The van der Waals surface area contributed by atoms with Crippen molar-refractivity contribution in [2.24, 2.45) is 0 Å². The topological polar surface area (TPSA) is 50.1 Å². The van der Waals surface area contributed by atoms with E-state index in [1.54, 1.807) is 6.26 Å². The molecule has 0 bridgehead atoms. The minimum Gasteiger partial charge on any atom is -0.469 e. The van der Waals surface area contributed by atoms with Crippen LogP contribution in [0.25, 0.3) is 0 Å². The van der Waals surface area contributed by atoms with E-state index in [9.17, 15) is 0 Å². The molecular formula is C16H23N3O. The molecule has 1 unspecified atom stereocenters. The molecule has 4 nitrogen and oxygen atoms in total. The Balaban J connectivity index is 1.82. The van der Waals surface area contributed by atoms with E-state index in [0.717, 1.165) is 43.2 Å². The Kier molecular flexibility index (Phi) is 5.47. The number of hydrogen-bond donors (Lipinski definition) is 2. The lowest BCUT2D eigenvalue weighted by atomic mass is 10.1. The number of pyridine rings is 1. The van der Waals surface area contributed by atoms with Crippen LogP contribution < -0.4 is 10.6 Å². The van der Waals surface area contributed by atoms with Crippen molar-refractivity contribution >= 4 is 11.6 Å². The number of nitrogens with zero attached hydrogens (tertiary/aromatic N) is 1. The van der Waals surface area contributed by atoms with Crippen molar-refractivity contribution in [1.82, 2.24) is 4.98 Å². The van der Waals surface area contributed by atoms with Gasteiger partial charge in [-0.05, 0) is 44.0 Å². The highest BCUT2D eigenvalue weighted by Gasteiger charge is 2.05. The quantitative estimate of drug-likeness (QED) is 0.765. The van der Waals surface area contributed by atoms with Crippen molar-refractivity contribution in [3.63, 3.8) is 0 Å². The maximum absolute atomic E-state index is 5.34. The molecule has 2 aromatic heterocycles. The van der Waals surface area contributed by atoms with Gasteiger partial charge in [0, 0.05) is 19.0 Å². The number of aromatic nitrogens is 1. The predicted molar refractivity (Wildman–Crippen MR) is 83.1 cm³/mol. The Morgan fingerprint density at radius 3 is 2.80 bits per heavy atom. The summed E-state index contributed by atoms with van der Waals surface area (Å²) in [5, 5.41) is 6.72. The van der Waals surface area contributed by atoms with Crippen LogP contribution in [0.5, 0.6) is 0 Å². The molecule has 1 atom stereocenters. The molecule has 2 aromatic rings. The van der Waals surface area contributed by atoms with Crippen molar-refractivity contribution in [3.05, 3.63) is 42.4 Å². The van der Waals surface area contributed by atoms with Crippen LogP contribution in [0, 0.1) is 0 Å². The second-order valence-electron chi connectivity index (χ2n) is 5.00. The fourth-order valence-electron chi connectivity index (χ4n) is 2.00. The normalized spacial score (nSPS) is 12.1. The summed E-state index contributed by atoms with van der Waals surface area (Å²) in [4.78, 5) is 4.55. The first-order valence-electron chi connectivity index (χ1n) is 7.27. The monoisotopic (exact) mass is 273 g/mol. The first-order valence-corrected chi connectivity index (χ1v) is 7.27. The van der Waals surface area contributed by atoms with Crippen LogP contribution in [0.2, 0.25) is 0 Å². The zero-order chi connectivity index (χ0) is 14.2. The van der Waals surface area contributed by atoms with E-state index >= 15 is 0 Å². The summed E-state index contributed by atoms with van der Waals surface area (Å²) in [6.07, 6.45) is 4.77. The highest BCUT2D eigenvalue weighted by molar-refractivity contribution is 5.45. The van der Waals surface area contributed by atoms with Crippen LogP contribution >= 0.6 is 0 Å². The molecule has 108 valence electrons. The van der Waals surface area contributed by atoms with Gasteiger partial charge in [-0.2, -0.15) is 0 Å². The lowest BCUT2D eigenvalue weighted by Gasteiger charge is -2.14. The van der Waals surface area contributed by atoms with Gasteiger partial charge in [0.1, 0.15) is 17.4 Å². The molecule has 2 rings (SSSR count). The predicted octanol–water partition coefficient (Wildman–Crippen LogP) is 3.93. The van der Waals surface area contributed by atoms with Gasteiger partial charge in [0.2, 0.25) is 0 Å². The number of rotatable bonds is 8. The SMILES string of the molecule is CCCNc1cccc(NC(C)CCc2ccco2)n1. The molecule has 2 N–H and O–H groups in total. The molecule has 20 heavy (non-hydrogen) atoms. The largest absolute Gasteiger partial charge is 0.469 e. The van der Waals surface area contributed by atoms with Gasteiger partial charge in [-0.25, -0.2) is 4.98 Å². The average molecular weight is 273 g/mol. The van der Waals surface area contributed by atoms with Crippen LogP contribution in [-0.4, -0.2) is 17.6 Å². The van der Waals surface area contributed by atoms with Gasteiger partial charge in [-0.15, -0.1) is 0 Å². The molecule has 4 heteroatoms. The summed E-state index contributed by atoms with van der Waals surface area (Å²) in [5.41, 5.74) is 0. The average Bonchev–Trinajstić information content (AvgIpc) is 2.97. The molecule has 0 spiro atoms. The lowest BCUT2D eigenvalue weighted by molar-refractivity contribution is 0.495. The van der Waals surface area contributed by atoms with Gasteiger partial charge in [-0.1, -0.05) is 13.0 Å². The fraction of sp³-hybridized carbons (Fsp3) is 0.438. The Morgan fingerprint density at radius 1 is 1.20 bits per heavy atom. The lowest BCUT2D eigenvalue weighted by Crippen LogP contribution is -2.17. The second-order valence-corrected chi connectivity index (χ2v) is 5.00. The summed E-state index contributed by atoms with van der Waals surface area (Å²) in [7, 11) is 0. The van der Waals surface area contributed by atoms with E-state index in [-0.39, 0.29) is 0 Å². The van der Waals surface area contributed by atoms with E-state index in [1.165, 1.54) is 0 Å². The Morgan fingerprint density at radius 2 is 2.05 bits per heavy atom. The second kappa shape index (κ2) is 7.58. The number of hydrogen-bond acceptors (Lipinski definition) is 4. The maximum Gasteiger partial charge on any atom is 0.128 e. The van der Waals surface area contributed by atoms with Gasteiger partial charge < -0.3 is 15.1 Å². The summed E-state index contributed by atoms with van der Waals surface area (Å²) >= 11 is 0. The number of anilines is 2.